The van der Waals surface area contributed by atoms with Gasteiger partial charge in [0.25, 0.3) is 0 Å². The van der Waals surface area contributed by atoms with E-state index in [4.69, 9.17) is 0 Å². The van der Waals surface area contributed by atoms with E-state index in [9.17, 15) is 4.79 Å². The van der Waals surface area contributed by atoms with Crippen molar-refractivity contribution in [3.63, 3.8) is 0 Å². The number of hydrogen-bond acceptors (Lipinski definition) is 2. The minimum absolute atomic E-state index is 0.0776. The van der Waals surface area contributed by atoms with Crippen LogP contribution in [0.5, 0.6) is 0 Å². The maximum absolute atomic E-state index is 12.0. The Balaban J connectivity index is 2.17. The van der Waals surface area contributed by atoms with E-state index in [0.717, 1.165) is 15.7 Å². The summed E-state index contributed by atoms with van der Waals surface area (Å²) >= 11 is 3.38. The average molecular weight is 290 g/mol. The van der Waals surface area contributed by atoms with Gasteiger partial charge in [-0.05, 0) is 24.6 Å². The van der Waals surface area contributed by atoms with E-state index in [1.807, 2.05) is 43.3 Å². The van der Waals surface area contributed by atoms with Crippen LogP contribution in [0.1, 0.15) is 21.6 Å². The van der Waals surface area contributed by atoms with Gasteiger partial charge in [0.05, 0.1) is 6.42 Å². The number of ketones is 1. The summed E-state index contributed by atoms with van der Waals surface area (Å²) in [5.74, 6) is 0.0776. The topological polar surface area (TPSA) is 30.0 Å². The molecule has 1 heterocycles. The van der Waals surface area contributed by atoms with Gasteiger partial charge in [-0.1, -0.05) is 40.2 Å². The summed E-state index contributed by atoms with van der Waals surface area (Å²) in [6.07, 6.45) is 2.12. The fourth-order valence-electron chi connectivity index (χ4n) is 1.55. The molecule has 0 bridgehead atoms. The van der Waals surface area contributed by atoms with Gasteiger partial charge in [0.15, 0.2) is 5.78 Å². The fourth-order valence-corrected chi connectivity index (χ4v) is 2.06. The van der Waals surface area contributed by atoms with E-state index in [0.29, 0.717) is 12.0 Å². The molecule has 0 fully saturated rings. The highest BCUT2D eigenvalue weighted by Crippen LogP contribution is 2.17. The highest BCUT2D eigenvalue weighted by Gasteiger charge is 2.10. The summed E-state index contributed by atoms with van der Waals surface area (Å²) in [6.45, 7) is 1.98. The fraction of sp³-hybridized carbons (Fsp3) is 0.143. The van der Waals surface area contributed by atoms with Gasteiger partial charge in [0.1, 0.15) is 0 Å². The largest absolute Gasteiger partial charge is 0.294 e. The number of rotatable bonds is 3. The molecule has 0 saturated heterocycles. The molecule has 0 amide bonds. The lowest BCUT2D eigenvalue weighted by molar-refractivity contribution is 0.0991. The lowest BCUT2D eigenvalue weighted by Crippen LogP contribution is -2.05. The van der Waals surface area contributed by atoms with E-state index >= 15 is 0 Å². The number of aryl methyl sites for hydroxylation is 1. The maximum Gasteiger partial charge on any atom is 0.169 e. The SMILES string of the molecule is Cc1ccc(CC(=O)c2ccccc2Br)nc1. The number of aromatic nitrogens is 1. The van der Waals surface area contributed by atoms with Crippen molar-refractivity contribution in [3.05, 3.63) is 63.9 Å². The van der Waals surface area contributed by atoms with E-state index in [1.54, 1.807) is 6.20 Å². The van der Waals surface area contributed by atoms with E-state index in [-0.39, 0.29) is 5.78 Å². The number of pyridine rings is 1. The van der Waals surface area contributed by atoms with Gasteiger partial charge in [-0.25, -0.2) is 0 Å². The number of carbonyl (C=O) groups is 1. The van der Waals surface area contributed by atoms with Crippen molar-refractivity contribution in [2.75, 3.05) is 0 Å². The van der Waals surface area contributed by atoms with Crippen molar-refractivity contribution >= 4 is 21.7 Å². The molecule has 0 atom stereocenters. The van der Waals surface area contributed by atoms with Gasteiger partial charge in [-0.3, -0.25) is 9.78 Å². The first kappa shape index (κ1) is 12.0. The summed E-state index contributed by atoms with van der Waals surface area (Å²) in [5.41, 5.74) is 2.60. The monoisotopic (exact) mass is 289 g/mol. The van der Waals surface area contributed by atoms with Crippen LogP contribution in [-0.4, -0.2) is 10.8 Å². The van der Waals surface area contributed by atoms with Crippen LogP contribution in [-0.2, 0) is 6.42 Å². The molecule has 1 aromatic carbocycles. The average Bonchev–Trinajstić information content (AvgIpc) is 2.32. The second kappa shape index (κ2) is 5.23. The van der Waals surface area contributed by atoms with Crippen molar-refractivity contribution < 1.29 is 4.79 Å². The Morgan fingerprint density at radius 3 is 2.65 bits per heavy atom. The van der Waals surface area contributed by atoms with Crippen molar-refractivity contribution in [1.29, 1.82) is 0 Å². The van der Waals surface area contributed by atoms with E-state index in [1.165, 1.54) is 0 Å². The molecule has 86 valence electrons. The molecule has 2 rings (SSSR count). The summed E-state index contributed by atoms with van der Waals surface area (Å²) in [6, 6.07) is 11.3. The van der Waals surface area contributed by atoms with Gasteiger partial charge in [-0.2, -0.15) is 0 Å². The van der Waals surface area contributed by atoms with Gasteiger partial charge in [-0.15, -0.1) is 0 Å². The normalized spacial score (nSPS) is 10.2. The molecule has 17 heavy (non-hydrogen) atoms. The molecule has 0 saturated carbocycles. The lowest BCUT2D eigenvalue weighted by Gasteiger charge is -2.03. The third kappa shape index (κ3) is 3.01. The Labute approximate surface area is 109 Å². The van der Waals surface area contributed by atoms with Crippen LogP contribution < -0.4 is 0 Å². The minimum Gasteiger partial charge on any atom is -0.294 e. The first-order chi connectivity index (χ1) is 8.16. The number of benzene rings is 1. The zero-order valence-electron chi connectivity index (χ0n) is 9.48. The first-order valence-corrected chi connectivity index (χ1v) is 6.15. The molecular formula is C14H12BrNO. The van der Waals surface area contributed by atoms with Crippen molar-refractivity contribution in [3.8, 4) is 0 Å². The van der Waals surface area contributed by atoms with E-state index in [2.05, 4.69) is 20.9 Å². The predicted molar refractivity (Wildman–Crippen MR) is 71.2 cm³/mol. The van der Waals surface area contributed by atoms with Gasteiger partial charge >= 0.3 is 0 Å². The zero-order valence-corrected chi connectivity index (χ0v) is 11.1. The predicted octanol–water partition coefficient (Wildman–Crippen LogP) is 3.58. The van der Waals surface area contributed by atoms with Gasteiger partial charge < -0.3 is 0 Å². The number of Topliss-reactive ketones (excluding diaryl/α,β-unsaturated/α-hetero) is 1. The van der Waals surface area contributed by atoms with Crippen LogP contribution in [0.3, 0.4) is 0 Å². The van der Waals surface area contributed by atoms with Crippen molar-refractivity contribution in [1.82, 2.24) is 4.98 Å². The van der Waals surface area contributed by atoms with Crippen molar-refractivity contribution in [2.24, 2.45) is 0 Å². The molecule has 0 aliphatic carbocycles. The first-order valence-electron chi connectivity index (χ1n) is 5.36. The third-order valence-corrected chi connectivity index (χ3v) is 3.18. The number of carbonyl (C=O) groups excluding carboxylic acids is 1. The van der Waals surface area contributed by atoms with E-state index < -0.39 is 0 Å². The second-order valence-corrected chi connectivity index (χ2v) is 4.76. The highest BCUT2D eigenvalue weighted by atomic mass is 79.9. The van der Waals surface area contributed by atoms with Crippen LogP contribution in [0, 0.1) is 6.92 Å². The van der Waals surface area contributed by atoms with Crippen LogP contribution in [0.15, 0.2) is 47.1 Å². The zero-order chi connectivity index (χ0) is 12.3. The quantitative estimate of drug-likeness (QED) is 0.809. The number of halogens is 1. The van der Waals surface area contributed by atoms with Crippen LogP contribution in [0.25, 0.3) is 0 Å². The summed E-state index contributed by atoms with van der Waals surface area (Å²) in [5, 5.41) is 0. The minimum atomic E-state index is 0.0776. The Kier molecular flexibility index (Phi) is 3.69. The Morgan fingerprint density at radius 1 is 1.24 bits per heavy atom. The second-order valence-electron chi connectivity index (χ2n) is 3.91. The molecule has 0 unspecified atom stereocenters. The number of hydrogen-bond donors (Lipinski definition) is 0. The molecule has 0 radical (unpaired) electrons. The third-order valence-electron chi connectivity index (χ3n) is 2.49. The summed E-state index contributed by atoms with van der Waals surface area (Å²) in [4.78, 5) is 16.3. The molecule has 2 aromatic rings. The Hall–Kier alpha value is -1.48. The lowest BCUT2D eigenvalue weighted by atomic mass is 10.1. The van der Waals surface area contributed by atoms with Crippen molar-refractivity contribution in [2.45, 2.75) is 13.3 Å². The standard InChI is InChI=1S/C14H12BrNO/c1-10-6-7-11(16-9-10)8-14(17)12-4-2-3-5-13(12)15/h2-7,9H,8H2,1H3. The maximum atomic E-state index is 12.0. The smallest absolute Gasteiger partial charge is 0.169 e. The Bertz CT molecular complexity index is 534. The molecule has 0 aliphatic rings. The molecule has 0 spiro atoms. The van der Waals surface area contributed by atoms with Gasteiger partial charge in [0.2, 0.25) is 0 Å². The number of nitrogens with zero attached hydrogens (tertiary/aromatic N) is 1. The summed E-state index contributed by atoms with van der Waals surface area (Å²) in [7, 11) is 0. The van der Waals surface area contributed by atoms with Gasteiger partial charge in [0, 0.05) is 21.9 Å². The van der Waals surface area contributed by atoms with Crippen LogP contribution >= 0.6 is 15.9 Å². The van der Waals surface area contributed by atoms with Crippen LogP contribution in [0.4, 0.5) is 0 Å². The molecule has 0 aliphatic heterocycles. The molecule has 2 nitrogen and oxygen atoms in total. The molecular weight excluding hydrogens is 278 g/mol. The molecule has 1 aromatic heterocycles. The highest BCUT2D eigenvalue weighted by molar-refractivity contribution is 9.10. The summed E-state index contributed by atoms with van der Waals surface area (Å²) < 4.78 is 0.831. The van der Waals surface area contributed by atoms with Crippen LogP contribution in [0.2, 0.25) is 0 Å². The Morgan fingerprint density at radius 2 is 2.00 bits per heavy atom. The molecule has 3 heteroatoms. The molecule has 0 N–H and O–H groups in total.